The molecular weight excluding hydrogens is 634 g/mol. The van der Waals surface area contributed by atoms with Gasteiger partial charge in [-0.1, -0.05) is 56.7 Å². The summed E-state index contributed by atoms with van der Waals surface area (Å²) in [5, 5.41) is 11.0. The van der Waals surface area contributed by atoms with Crippen molar-refractivity contribution in [2.45, 2.75) is 63.1 Å². The van der Waals surface area contributed by atoms with E-state index in [4.69, 9.17) is 16.3 Å². The largest absolute Gasteiger partial charge is 0.494 e. The van der Waals surface area contributed by atoms with Gasteiger partial charge in [-0.3, -0.25) is 14.4 Å². The number of anilines is 2. The Morgan fingerprint density at radius 1 is 1.13 bits per heavy atom. The predicted molar refractivity (Wildman–Crippen MR) is 190 cm³/mol. The van der Waals surface area contributed by atoms with Gasteiger partial charge in [-0.05, 0) is 68.0 Å². The van der Waals surface area contributed by atoms with Crippen LogP contribution in [-0.2, 0) is 14.4 Å². The zero-order valence-corrected chi connectivity index (χ0v) is 29.5. The summed E-state index contributed by atoms with van der Waals surface area (Å²) in [6, 6.07) is 11.3. The molecule has 1 N–H and O–H groups in total. The quantitative estimate of drug-likeness (QED) is 0.256. The lowest BCUT2D eigenvalue weighted by Gasteiger charge is -2.43. The Morgan fingerprint density at radius 3 is 2.36 bits per heavy atom. The van der Waals surface area contributed by atoms with E-state index in [1.165, 1.54) is 0 Å². The number of amides is 3. The molecule has 3 fully saturated rings. The van der Waals surface area contributed by atoms with Crippen LogP contribution < -0.4 is 14.5 Å². The van der Waals surface area contributed by atoms with Crippen LogP contribution in [0.25, 0.3) is 0 Å². The molecule has 47 heavy (non-hydrogen) atoms. The molecule has 7 atom stereocenters. The predicted octanol–water partition coefficient (Wildman–Crippen LogP) is 6.14. The van der Waals surface area contributed by atoms with Crippen LogP contribution in [0.4, 0.5) is 11.4 Å². The van der Waals surface area contributed by atoms with E-state index in [0.29, 0.717) is 35.2 Å². The van der Waals surface area contributed by atoms with Gasteiger partial charge in [-0.15, -0.1) is 24.9 Å². The van der Waals surface area contributed by atoms with Crippen LogP contribution in [0.2, 0.25) is 5.02 Å². The Balaban J connectivity index is 1.63. The number of hydrogen-bond acceptors (Lipinski definition) is 6. The maximum Gasteiger partial charge on any atom is 0.251 e. The van der Waals surface area contributed by atoms with Crippen molar-refractivity contribution in [3.63, 3.8) is 0 Å². The summed E-state index contributed by atoms with van der Waals surface area (Å²) in [5.74, 6) is -1.58. The first kappa shape index (κ1) is 35.0. The number of carbonyl (C=O) groups excluding carboxylic acids is 3. The Labute approximate surface area is 287 Å². The molecule has 0 saturated carbocycles. The number of fused-ring (bicyclic) bond motifs is 1. The third-order valence-corrected chi connectivity index (χ3v) is 12.5. The molecular formula is C37H46ClN3O5S. The third kappa shape index (κ3) is 5.78. The first-order valence-corrected chi connectivity index (χ1v) is 17.7. The smallest absolute Gasteiger partial charge is 0.251 e. The van der Waals surface area contributed by atoms with Crippen molar-refractivity contribution in [2.24, 2.45) is 23.7 Å². The van der Waals surface area contributed by atoms with Gasteiger partial charge in [-0.2, -0.15) is 0 Å². The summed E-state index contributed by atoms with van der Waals surface area (Å²) in [7, 11) is 0. The molecule has 2 aromatic carbocycles. The van der Waals surface area contributed by atoms with Crippen molar-refractivity contribution < 1.29 is 24.2 Å². The summed E-state index contributed by atoms with van der Waals surface area (Å²) >= 11 is 8.34. The zero-order chi connectivity index (χ0) is 34.2. The highest BCUT2D eigenvalue weighted by Gasteiger charge is 2.77. The number of carbonyl (C=O) groups is 3. The number of benzene rings is 2. The summed E-state index contributed by atoms with van der Waals surface area (Å²) in [5.41, 5.74) is 2.08. The minimum atomic E-state index is -0.920. The van der Waals surface area contributed by atoms with Crippen LogP contribution in [0.5, 0.6) is 5.75 Å². The molecule has 3 unspecified atom stereocenters. The van der Waals surface area contributed by atoms with E-state index in [9.17, 15) is 14.7 Å². The topological polar surface area (TPSA) is 90.4 Å². The number of aryl methyl sites for hydroxylation is 1. The lowest BCUT2D eigenvalue weighted by molar-refractivity contribution is -0.142. The molecule has 2 bridgehead atoms. The van der Waals surface area contributed by atoms with E-state index in [-0.39, 0.29) is 54.5 Å². The minimum Gasteiger partial charge on any atom is -0.494 e. The van der Waals surface area contributed by atoms with Crippen molar-refractivity contribution in [1.29, 1.82) is 0 Å². The Morgan fingerprint density at radius 2 is 1.79 bits per heavy atom. The second-order valence-electron chi connectivity index (χ2n) is 13.1. The molecule has 3 heterocycles. The van der Waals surface area contributed by atoms with E-state index >= 15 is 4.79 Å². The fourth-order valence-corrected chi connectivity index (χ4v) is 10.8. The number of likely N-dealkylation sites (tertiary alicyclic amines) is 1. The van der Waals surface area contributed by atoms with Gasteiger partial charge in [0.1, 0.15) is 11.8 Å². The number of halogens is 1. The van der Waals surface area contributed by atoms with Gasteiger partial charge in [0, 0.05) is 24.0 Å². The highest BCUT2D eigenvalue weighted by atomic mass is 35.5. The van der Waals surface area contributed by atoms with E-state index in [0.717, 1.165) is 5.56 Å². The Bertz CT molecular complexity index is 1510. The monoisotopic (exact) mass is 679 g/mol. The van der Waals surface area contributed by atoms with Crippen molar-refractivity contribution in [2.75, 3.05) is 36.1 Å². The van der Waals surface area contributed by atoms with Gasteiger partial charge in [0.15, 0.2) is 0 Å². The van der Waals surface area contributed by atoms with Gasteiger partial charge in [-0.25, -0.2) is 0 Å². The highest BCUT2D eigenvalue weighted by Crippen LogP contribution is 2.69. The normalized spacial score (nSPS) is 26.7. The number of hydrogen-bond donors (Lipinski definition) is 1. The summed E-state index contributed by atoms with van der Waals surface area (Å²) in [6.07, 6.45) is 4.02. The number of nitrogens with zero attached hydrogens (tertiary/aromatic N) is 3. The SMILES string of the molecule is C=CCN(C(=O)[C@@H]1[C@@H]2CC(C)C3(S2)C(C(=O)N(CC=C)c2c(C)cccc2Cl)N([C@@H](CO)C(C)C)C(=O)[C@H]13)c1ccc(OCC)cc1. The zero-order valence-electron chi connectivity index (χ0n) is 27.9. The van der Waals surface area contributed by atoms with Crippen molar-refractivity contribution in [3.8, 4) is 5.75 Å². The van der Waals surface area contributed by atoms with Gasteiger partial charge in [0.2, 0.25) is 11.8 Å². The van der Waals surface area contributed by atoms with Gasteiger partial charge < -0.3 is 24.5 Å². The molecule has 5 rings (SSSR count). The molecule has 8 nitrogen and oxygen atoms in total. The molecule has 3 aliphatic rings. The standard InChI is InChI=1S/C37H46ClN3O5S/c1-8-18-39(25-14-16-26(17-15-25)46-10-3)34(43)30-29-20-24(7)37(47-29)31(30)35(44)41(28(21-42)22(4)5)33(37)36(45)40(19-9-2)32-23(6)12-11-13-27(32)38/h8-9,11-17,22,24,28-31,33,42H,1-2,10,18-21H2,3-7H3/t24?,28-,29-,30+,31-,33?,37?/m0/s1. The Hall–Kier alpha value is -3.27. The van der Waals surface area contributed by atoms with Gasteiger partial charge in [0.05, 0.1) is 46.5 Å². The molecule has 3 aliphatic heterocycles. The molecule has 0 aromatic heterocycles. The molecule has 0 aliphatic carbocycles. The number of rotatable bonds is 13. The lowest BCUT2D eigenvalue weighted by Crippen LogP contribution is -2.60. The van der Waals surface area contributed by atoms with Crippen LogP contribution in [0, 0.1) is 30.6 Å². The van der Waals surface area contributed by atoms with Crippen molar-refractivity contribution in [1.82, 2.24) is 4.90 Å². The molecule has 3 saturated heterocycles. The molecule has 0 radical (unpaired) electrons. The second kappa shape index (κ2) is 14.1. The molecule has 10 heteroatoms. The van der Waals surface area contributed by atoms with E-state index in [1.807, 2.05) is 64.1 Å². The van der Waals surface area contributed by atoms with Crippen LogP contribution >= 0.6 is 23.4 Å². The molecule has 1 spiro atoms. The molecule has 3 amide bonds. The number of aliphatic hydroxyl groups is 1. The maximum absolute atomic E-state index is 15.1. The van der Waals surface area contributed by atoms with Crippen LogP contribution in [-0.4, -0.2) is 76.1 Å². The summed E-state index contributed by atoms with van der Waals surface area (Å²) in [4.78, 5) is 49.7. The van der Waals surface area contributed by atoms with Crippen LogP contribution in [0.1, 0.15) is 39.7 Å². The first-order valence-electron chi connectivity index (χ1n) is 16.4. The van der Waals surface area contributed by atoms with Gasteiger partial charge >= 0.3 is 0 Å². The number of aliphatic hydroxyl groups excluding tert-OH is 1. The van der Waals surface area contributed by atoms with E-state index < -0.39 is 28.7 Å². The van der Waals surface area contributed by atoms with Crippen LogP contribution in [0.15, 0.2) is 67.8 Å². The number of thioether (sulfide) groups is 1. The molecule has 2 aromatic rings. The fraction of sp³-hybridized carbons (Fsp3) is 0.486. The fourth-order valence-electron chi connectivity index (χ4n) is 8.05. The average molecular weight is 680 g/mol. The molecule has 252 valence electrons. The average Bonchev–Trinajstić information content (AvgIpc) is 3.63. The summed E-state index contributed by atoms with van der Waals surface area (Å²) < 4.78 is 4.74. The van der Waals surface area contributed by atoms with Crippen molar-refractivity contribution >= 4 is 52.5 Å². The Kier molecular flexibility index (Phi) is 10.5. The van der Waals surface area contributed by atoms with E-state index in [2.05, 4.69) is 20.1 Å². The minimum absolute atomic E-state index is 0.0443. The highest BCUT2D eigenvalue weighted by molar-refractivity contribution is 8.02. The lowest BCUT2D eigenvalue weighted by atomic mass is 9.65. The van der Waals surface area contributed by atoms with E-state index in [1.54, 1.807) is 44.7 Å². The number of para-hydroxylation sites is 1. The van der Waals surface area contributed by atoms with Crippen LogP contribution in [0.3, 0.4) is 0 Å². The maximum atomic E-state index is 15.1. The first-order chi connectivity index (χ1) is 22.5. The van der Waals surface area contributed by atoms with Gasteiger partial charge in [0.25, 0.3) is 5.91 Å². The van der Waals surface area contributed by atoms with Crippen molar-refractivity contribution in [3.05, 3.63) is 78.4 Å². The number of ether oxygens (including phenoxy) is 1. The third-order valence-electron chi connectivity index (χ3n) is 10.1. The summed E-state index contributed by atoms with van der Waals surface area (Å²) in [6.45, 7) is 18.3. The second-order valence-corrected chi connectivity index (χ2v) is 15.1.